The van der Waals surface area contributed by atoms with Gasteiger partial charge in [-0.25, -0.2) is 4.98 Å². The standard InChI is InChI=1S/C33H46F3N3O3/c1-11-24-22(6)31(41-20(3)4)38-29-25(39(9)32(7,12-2)16-13-17-37-8)19-27(40-10)30(28(24)29)42-26-18-23(33(34,35)36)15-14-21(26)5/h14-15,18-20,37H,11-13,16-17H2,1-10H3/i19D,20D. The Morgan fingerprint density at radius 2 is 1.86 bits per heavy atom. The van der Waals surface area contributed by atoms with Crippen molar-refractivity contribution in [3.05, 3.63) is 46.5 Å². The van der Waals surface area contributed by atoms with E-state index >= 15 is 0 Å². The van der Waals surface area contributed by atoms with Gasteiger partial charge in [0.2, 0.25) is 5.88 Å². The highest BCUT2D eigenvalue weighted by atomic mass is 19.4. The molecule has 0 bridgehead atoms. The van der Waals surface area contributed by atoms with Crippen LogP contribution < -0.4 is 24.4 Å². The molecular formula is C33H46F3N3O3. The Hall–Kier alpha value is -3.20. The highest BCUT2D eigenvalue weighted by Crippen LogP contribution is 2.49. The average Bonchev–Trinajstić information content (AvgIpc) is 2.93. The first-order valence-corrected chi connectivity index (χ1v) is 14.4. The van der Waals surface area contributed by atoms with E-state index in [0.29, 0.717) is 34.1 Å². The van der Waals surface area contributed by atoms with Gasteiger partial charge in [0.25, 0.3) is 0 Å². The summed E-state index contributed by atoms with van der Waals surface area (Å²) in [6.07, 6.45) is -2.87. The monoisotopic (exact) mass is 591 g/mol. The molecule has 6 nitrogen and oxygen atoms in total. The second-order valence-corrected chi connectivity index (χ2v) is 11.1. The zero-order chi connectivity index (χ0) is 33.2. The van der Waals surface area contributed by atoms with Crippen LogP contribution >= 0.6 is 0 Å². The molecule has 0 saturated carbocycles. The normalized spacial score (nSPS) is 14.3. The molecule has 232 valence electrons. The van der Waals surface area contributed by atoms with Crippen LogP contribution in [0, 0.1) is 13.8 Å². The maximum absolute atomic E-state index is 13.7. The summed E-state index contributed by atoms with van der Waals surface area (Å²) in [7, 11) is 5.26. The van der Waals surface area contributed by atoms with Gasteiger partial charge in [-0.05, 0) is 97.2 Å². The predicted octanol–water partition coefficient (Wildman–Crippen LogP) is 8.63. The molecule has 0 fully saturated rings. The molecule has 1 heterocycles. The lowest BCUT2D eigenvalue weighted by molar-refractivity contribution is -0.137. The van der Waals surface area contributed by atoms with Crippen LogP contribution in [-0.4, -0.2) is 44.4 Å². The molecule has 0 amide bonds. The van der Waals surface area contributed by atoms with Gasteiger partial charge in [0.05, 0.1) is 32.6 Å². The molecule has 2 aromatic carbocycles. The Balaban J connectivity index is 2.49. The Bertz CT molecular complexity index is 1490. The zero-order valence-corrected chi connectivity index (χ0v) is 26.5. The Labute approximate surface area is 251 Å². The van der Waals surface area contributed by atoms with E-state index in [4.69, 9.17) is 20.6 Å². The number of rotatable bonds is 13. The first kappa shape index (κ1) is 30.3. The van der Waals surface area contributed by atoms with Crippen molar-refractivity contribution in [2.24, 2.45) is 0 Å². The van der Waals surface area contributed by atoms with Gasteiger partial charge in [-0.2, -0.15) is 13.2 Å². The molecule has 1 atom stereocenters. The Morgan fingerprint density at radius 1 is 1.17 bits per heavy atom. The van der Waals surface area contributed by atoms with Gasteiger partial charge in [0.15, 0.2) is 11.5 Å². The van der Waals surface area contributed by atoms with Crippen LogP contribution in [0.25, 0.3) is 10.9 Å². The number of fused-ring (bicyclic) bond motifs is 1. The Morgan fingerprint density at radius 3 is 2.40 bits per heavy atom. The van der Waals surface area contributed by atoms with Crippen molar-refractivity contribution in [3.8, 4) is 23.1 Å². The molecule has 1 aromatic heterocycles. The number of nitrogens with one attached hydrogen (secondary N) is 1. The van der Waals surface area contributed by atoms with Crippen molar-refractivity contribution in [1.82, 2.24) is 10.3 Å². The lowest BCUT2D eigenvalue weighted by Crippen LogP contribution is -2.44. The van der Waals surface area contributed by atoms with E-state index in [1.165, 1.54) is 13.2 Å². The molecule has 0 radical (unpaired) electrons. The van der Waals surface area contributed by atoms with Gasteiger partial charge < -0.3 is 24.4 Å². The molecule has 3 aromatic rings. The number of methoxy groups -OCH3 is 1. The molecule has 1 N–H and O–H groups in total. The summed E-state index contributed by atoms with van der Waals surface area (Å²) in [5.41, 5.74) is 1.60. The molecule has 0 aliphatic carbocycles. The molecule has 42 heavy (non-hydrogen) atoms. The van der Waals surface area contributed by atoms with E-state index < -0.39 is 17.8 Å². The molecule has 0 saturated heterocycles. The fourth-order valence-electron chi connectivity index (χ4n) is 5.17. The van der Waals surface area contributed by atoms with Crippen molar-refractivity contribution >= 4 is 16.6 Å². The third kappa shape index (κ3) is 6.88. The topological polar surface area (TPSA) is 55.9 Å². The summed E-state index contributed by atoms with van der Waals surface area (Å²) in [4.78, 5) is 6.97. The lowest BCUT2D eigenvalue weighted by atomic mass is 9.89. The van der Waals surface area contributed by atoms with Crippen LogP contribution in [0.3, 0.4) is 0 Å². The predicted molar refractivity (Wildman–Crippen MR) is 165 cm³/mol. The second-order valence-electron chi connectivity index (χ2n) is 11.1. The summed E-state index contributed by atoms with van der Waals surface area (Å²) in [6, 6.07) is 3.33. The maximum Gasteiger partial charge on any atom is 0.416 e. The van der Waals surface area contributed by atoms with E-state index in [0.717, 1.165) is 43.5 Å². The molecular weight excluding hydrogens is 543 g/mol. The number of ether oxygens (including phenoxy) is 3. The van der Waals surface area contributed by atoms with Crippen LogP contribution in [0.5, 0.6) is 23.1 Å². The minimum absolute atomic E-state index is 0.00211. The number of aryl methyl sites for hydroxylation is 2. The summed E-state index contributed by atoms with van der Waals surface area (Å²) < 4.78 is 77.0. The van der Waals surface area contributed by atoms with E-state index in [-0.39, 0.29) is 34.7 Å². The number of halogens is 3. The number of aromatic nitrogens is 1. The van der Waals surface area contributed by atoms with Gasteiger partial charge in [-0.1, -0.05) is 19.9 Å². The largest absolute Gasteiger partial charge is 0.493 e. The van der Waals surface area contributed by atoms with Crippen molar-refractivity contribution in [1.29, 1.82) is 0 Å². The van der Waals surface area contributed by atoms with Crippen LogP contribution in [0.2, 0.25) is 0 Å². The summed E-state index contributed by atoms with van der Waals surface area (Å²) >= 11 is 0. The summed E-state index contributed by atoms with van der Waals surface area (Å²) in [5.74, 6) is 0.459. The minimum Gasteiger partial charge on any atom is -0.493 e. The van der Waals surface area contributed by atoms with Crippen LogP contribution in [-0.2, 0) is 12.6 Å². The Kier molecular flexibility index (Phi) is 9.66. The van der Waals surface area contributed by atoms with Gasteiger partial charge in [0.1, 0.15) is 11.3 Å². The number of benzene rings is 2. The van der Waals surface area contributed by atoms with Crippen LogP contribution in [0.4, 0.5) is 18.9 Å². The number of hydrogen-bond acceptors (Lipinski definition) is 6. The van der Waals surface area contributed by atoms with E-state index in [2.05, 4.69) is 19.2 Å². The fraction of sp³-hybridized carbons (Fsp3) is 0.545. The molecule has 9 heteroatoms. The first-order chi connectivity index (χ1) is 20.4. The molecule has 3 rings (SSSR count). The smallest absolute Gasteiger partial charge is 0.416 e. The zero-order valence-electron chi connectivity index (χ0n) is 28.5. The number of nitrogens with zero attached hydrogens (tertiary/aromatic N) is 2. The maximum atomic E-state index is 13.7. The van der Waals surface area contributed by atoms with Crippen molar-refractivity contribution in [2.45, 2.75) is 91.9 Å². The highest BCUT2D eigenvalue weighted by Gasteiger charge is 2.33. The summed E-state index contributed by atoms with van der Waals surface area (Å²) in [5, 5.41) is 3.72. The minimum atomic E-state index is -4.56. The summed E-state index contributed by atoms with van der Waals surface area (Å²) in [6.45, 7) is 13.7. The fourth-order valence-corrected chi connectivity index (χ4v) is 5.17. The van der Waals surface area contributed by atoms with Crippen molar-refractivity contribution < 1.29 is 30.1 Å². The molecule has 0 spiro atoms. The first-order valence-electron chi connectivity index (χ1n) is 15.4. The number of pyridine rings is 1. The van der Waals surface area contributed by atoms with Gasteiger partial charge in [0, 0.05) is 24.2 Å². The number of hydrogen-bond donors (Lipinski definition) is 1. The highest BCUT2D eigenvalue weighted by molar-refractivity contribution is 6.01. The van der Waals surface area contributed by atoms with Crippen LogP contribution in [0.1, 0.15) is 78.9 Å². The number of alkyl halides is 3. The van der Waals surface area contributed by atoms with E-state index in [1.807, 2.05) is 32.8 Å². The molecule has 1 unspecified atom stereocenters. The molecule has 0 aliphatic rings. The second kappa shape index (κ2) is 13.4. The van der Waals surface area contributed by atoms with Gasteiger partial charge >= 0.3 is 6.18 Å². The van der Waals surface area contributed by atoms with Crippen molar-refractivity contribution in [2.75, 3.05) is 32.6 Å². The lowest BCUT2D eigenvalue weighted by Gasteiger charge is -2.41. The van der Waals surface area contributed by atoms with Crippen molar-refractivity contribution in [3.63, 3.8) is 0 Å². The van der Waals surface area contributed by atoms with Gasteiger partial charge in [-0.3, -0.25) is 0 Å². The van der Waals surface area contributed by atoms with Crippen LogP contribution in [0.15, 0.2) is 24.2 Å². The quantitative estimate of drug-likeness (QED) is 0.201. The number of anilines is 1. The van der Waals surface area contributed by atoms with Gasteiger partial charge in [-0.15, -0.1) is 0 Å². The van der Waals surface area contributed by atoms with E-state index in [9.17, 15) is 14.5 Å². The SMILES string of the molecule is [2H]c1c(OC)c(Oc2cc(C(F)(F)F)ccc2C)c2c(CC)c(C)c(OC([2H])(C)C)nc2c1N(C)C(C)(CC)CCCNC. The third-order valence-electron chi connectivity index (χ3n) is 8.05. The molecule has 0 aliphatic heterocycles. The average molecular weight is 592 g/mol. The van der Waals surface area contributed by atoms with E-state index in [1.54, 1.807) is 20.8 Å². The third-order valence-corrected chi connectivity index (χ3v) is 8.05.